The summed E-state index contributed by atoms with van der Waals surface area (Å²) >= 11 is 4.42. The first kappa shape index (κ1) is 19.7. The third-order valence-electron chi connectivity index (χ3n) is 3.80. The monoisotopic (exact) mass is 407 g/mol. The molecule has 0 aliphatic rings. The van der Waals surface area contributed by atoms with Crippen LogP contribution in [0.2, 0.25) is 0 Å². The van der Waals surface area contributed by atoms with Gasteiger partial charge in [-0.25, -0.2) is 8.78 Å². The molecule has 0 aromatic heterocycles. The summed E-state index contributed by atoms with van der Waals surface area (Å²) in [4.78, 5) is 3.55. The predicted octanol–water partition coefficient (Wildman–Crippen LogP) is 6.93. The van der Waals surface area contributed by atoms with Gasteiger partial charge in [0.25, 0.3) is 0 Å². The molecule has 0 aliphatic heterocycles. The van der Waals surface area contributed by atoms with Crippen LogP contribution in [0, 0.1) is 11.6 Å². The van der Waals surface area contributed by atoms with Gasteiger partial charge in [-0.05, 0) is 41.0 Å². The van der Waals surface area contributed by atoms with Crippen molar-refractivity contribution < 1.29 is 26.7 Å². The fourth-order valence-electron chi connectivity index (χ4n) is 2.63. The molecule has 0 aliphatic carbocycles. The lowest BCUT2D eigenvalue weighted by Crippen LogP contribution is -2.16. The van der Waals surface area contributed by atoms with Crippen LogP contribution in [0.25, 0.3) is 22.3 Å². The number of nitrogens with zero attached hydrogens (tertiary/aromatic N) is 1. The number of alkyl halides is 3. The van der Waals surface area contributed by atoms with Crippen molar-refractivity contribution >= 4 is 23.1 Å². The highest BCUT2D eigenvalue weighted by Gasteiger charge is 2.30. The highest BCUT2D eigenvalue weighted by molar-refractivity contribution is 7.78. The minimum absolute atomic E-state index is 0.0199. The Morgan fingerprint density at radius 1 is 0.786 bits per heavy atom. The van der Waals surface area contributed by atoms with Gasteiger partial charge in [0.05, 0.1) is 16.4 Å². The SMILES string of the molecule is Fc1cc(N=C=S)cc(F)c1-c1ccc(-c2ccc(OC(F)(F)F)cc2)cc1. The quantitative estimate of drug-likeness (QED) is 0.266. The van der Waals surface area contributed by atoms with Gasteiger partial charge in [0, 0.05) is 12.1 Å². The molecule has 0 bridgehead atoms. The van der Waals surface area contributed by atoms with Crippen LogP contribution in [0.4, 0.5) is 27.6 Å². The Balaban J connectivity index is 1.87. The zero-order valence-electron chi connectivity index (χ0n) is 13.9. The van der Waals surface area contributed by atoms with Crippen molar-refractivity contribution in [1.29, 1.82) is 0 Å². The van der Waals surface area contributed by atoms with Crippen molar-refractivity contribution in [2.75, 3.05) is 0 Å². The second-order valence-corrected chi connectivity index (χ2v) is 5.82. The molecule has 142 valence electrons. The Kier molecular flexibility index (Phi) is 5.53. The van der Waals surface area contributed by atoms with Crippen LogP contribution in [0.1, 0.15) is 0 Å². The van der Waals surface area contributed by atoms with E-state index in [4.69, 9.17) is 0 Å². The number of rotatable bonds is 4. The van der Waals surface area contributed by atoms with Gasteiger partial charge in [-0.1, -0.05) is 36.4 Å². The smallest absolute Gasteiger partial charge is 0.406 e. The van der Waals surface area contributed by atoms with Crippen LogP contribution in [0.5, 0.6) is 5.75 Å². The predicted molar refractivity (Wildman–Crippen MR) is 98.6 cm³/mol. The zero-order valence-corrected chi connectivity index (χ0v) is 14.7. The van der Waals surface area contributed by atoms with Crippen LogP contribution < -0.4 is 4.74 Å². The van der Waals surface area contributed by atoms with Gasteiger partial charge in [0.2, 0.25) is 0 Å². The van der Waals surface area contributed by atoms with Crippen LogP contribution >= 0.6 is 12.2 Å². The van der Waals surface area contributed by atoms with Crippen molar-refractivity contribution in [1.82, 2.24) is 0 Å². The molecule has 0 spiro atoms. The molecule has 0 amide bonds. The molecular weight excluding hydrogens is 397 g/mol. The molecule has 28 heavy (non-hydrogen) atoms. The van der Waals surface area contributed by atoms with E-state index < -0.39 is 18.0 Å². The largest absolute Gasteiger partial charge is 0.573 e. The lowest BCUT2D eigenvalue weighted by atomic mass is 9.99. The first-order valence-corrected chi connectivity index (χ1v) is 8.21. The lowest BCUT2D eigenvalue weighted by Gasteiger charge is -2.10. The summed E-state index contributed by atoms with van der Waals surface area (Å²) < 4.78 is 68.9. The minimum atomic E-state index is -4.76. The summed E-state index contributed by atoms with van der Waals surface area (Å²) in [6.45, 7) is 0. The third kappa shape index (κ3) is 4.60. The van der Waals surface area contributed by atoms with E-state index >= 15 is 0 Å². The van der Waals surface area contributed by atoms with E-state index in [2.05, 4.69) is 21.9 Å². The Hall–Kier alpha value is -3.09. The number of hydrogen-bond acceptors (Lipinski definition) is 3. The fraction of sp³-hybridized carbons (Fsp3) is 0.0500. The highest BCUT2D eigenvalue weighted by atomic mass is 32.1. The van der Waals surface area contributed by atoms with Gasteiger partial charge in [-0.2, -0.15) is 4.99 Å². The van der Waals surface area contributed by atoms with Crippen LogP contribution in [-0.2, 0) is 0 Å². The van der Waals surface area contributed by atoms with Crippen molar-refractivity contribution in [3.63, 3.8) is 0 Å². The van der Waals surface area contributed by atoms with E-state index in [0.29, 0.717) is 16.7 Å². The molecule has 0 unspecified atom stereocenters. The maximum atomic E-state index is 14.3. The number of thiocarbonyl (C=S) groups is 1. The molecule has 0 heterocycles. The topological polar surface area (TPSA) is 21.6 Å². The van der Waals surface area contributed by atoms with Crippen molar-refractivity contribution in [3.05, 3.63) is 72.3 Å². The molecule has 0 saturated heterocycles. The molecule has 0 radical (unpaired) electrons. The number of halogens is 5. The van der Waals surface area contributed by atoms with Crippen molar-refractivity contribution in [2.24, 2.45) is 4.99 Å². The summed E-state index contributed by atoms with van der Waals surface area (Å²) in [5.74, 6) is -1.94. The average Bonchev–Trinajstić information content (AvgIpc) is 2.61. The second kappa shape index (κ2) is 7.88. The van der Waals surface area contributed by atoms with Crippen molar-refractivity contribution in [2.45, 2.75) is 6.36 Å². The van der Waals surface area contributed by atoms with Gasteiger partial charge < -0.3 is 4.74 Å². The van der Waals surface area contributed by atoms with Crippen LogP contribution in [-0.4, -0.2) is 11.5 Å². The van der Waals surface area contributed by atoms with Gasteiger partial charge in [0.1, 0.15) is 17.4 Å². The van der Waals surface area contributed by atoms with Crippen LogP contribution in [0.15, 0.2) is 65.7 Å². The number of hydrogen-bond donors (Lipinski definition) is 0. The Labute approximate surface area is 161 Å². The molecule has 8 heteroatoms. The molecule has 0 N–H and O–H groups in total. The molecule has 3 aromatic carbocycles. The van der Waals surface area contributed by atoms with E-state index in [9.17, 15) is 22.0 Å². The number of isothiocyanates is 1. The summed E-state index contributed by atoms with van der Waals surface area (Å²) in [5, 5.41) is 2.04. The summed E-state index contributed by atoms with van der Waals surface area (Å²) in [7, 11) is 0. The lowest BCUT2D eigenvalue weighted by molar-refractivity contribution is -0.274. The van der Waals surface area contributed by atoms with E-state index in [-0.39, 0.29) is 17.0 Å². The average molecular weight is 407 g/mol. The van der Waals surface area contributed by atoms with Gasteiger partial charge in [-0.15, -0.1) is 13.2 Å². The second-order valence-electron chi connectivity index (χ2n) is 5.64. The Bertz CT molecular complexity index is 1020. The standard InChI is InChI=1S/C20H10F5NOS/c21-17-9-15(26-11-28)10-18(22)19(17)14-3-1-12(2-4-14)13-5-7-16(8-6-13)27-20(23,24)25/h1-10H. The maximum Gasteiger partial charge on any atom is 0.573 e. The Morgan fingerprint density at radius 2 is 1.25 bits per heavy atom. The first-order chi connectivity index (χ1) is 13.3. The molecule has 3 rings (SSSR count). The number of aliphatic imine (C=N–C) groups is 1. The normalized spacial score (nSPS) is 11.0. The molecule has 0 saturated carbocycles. The first-order valence-electron chi connectivity index (χ1n) is 7.80. The Morgan fingerprint density at radius 3 is 1.71 bits per heavy atom. The van der Waals surface area contributed by atoms with Gasteiger partial charge >= 0.3 is 6.36 Å². The fourth-order valence-corrected chi connectivity index (χ4v) is 2.74. The summed E-state index contributed by atoms with van der Waals surface area (Å²) in [6.07, 6.45) is -4.76. The van der Waals surface area contributed by atoms with Gasteiger partial charge in [-0.3, -0.25) is 0 Å². The maximum absolute atomic E-state index is 14.3. The van der Waals surface area contributed by atoms with E-state index in [1.54, 1.807) is 12.1 Å². The summed E-state index contributed by atoms with van der Waals surface area (Å²) in [6, 6.07) is 13.6. The number of benzene rings is 3. The zero-order chi connectivity index (χ0) is 20.3. The number of ether oxygens (including phenoxy) is 1. The minimum Gasteiger partial charge on any atom is -0.406 e. The van der Waals surface area contributed by atoms with E-state index in [1.165, 1.54) is 36.4 Å². The van der Waals surface area contributed by atoms with E-state index in [0.717, 1.165) is 12.1 Å². The molecule has 3 aromatic rings. The highest BCUT2D eigenvalue weighted by Crippen LogP contribution is 2.32. The van der Waals surface area contributed by atoms with E-state index in [1.807, 2.05) is 5.16 Å². The van der Waals surface area contributed by atoms with Gasteiger partial charge in [0.15, 0.2) is 0 Å². The van der Waals surface area contributed by atoms with Crippen LogP contribution in [0.3, 0.4) is 0 Å². The molecule has 2 nitrogen and oxygen atoms in total. The summed E-state index contributed by atoms with van der Waals surface area (Å²) in [5.41, 5.74) is 1.38. The van der Waals surface area contributed by atoms with Crippen molar-refractivity contribution in [3.8, 4) is 28.0 Å². The third-order valence-corrected chi connectivity index (χ3v) is 3.89. The molecular formula is C20H10F5NOS. The molecule has 0 fully saturated rings. The molecule has 0 atom stereocenters.